The molecule has 0 spiro atoms. The predicted octanol–water partition coefficient (Wildman–Crippen LogP) is 3.63. The Hall–Kier alpha value is -2.04. The van der Waals surface area contributed by atoms with Gasteiger partial charge in [-0.05, 0) is 42.3 Å². The standard InChI is InChI=1S/C16H14Cl2N2O2/c1-2-10-3-5-11(6-4-10)15(21)19-20-16(22)12-7-13(17)9-14(18)8-12/h3-9H,2H2,1H3,(H,19,21)(H,20,22). The number of hydrogen-bond donors (Lipinski definition) is 2. The maximum atomic E-state index is 11.9. The van der Waals surface area contributed by atoms with E-state index in [0.29, 0.717) is 15.6 Å². The monoisotopic (exact) mass is 336 g/mol. The van der Waals surface area contributed by atoms with Crippen molar-refractivity contribution in [2.75, 3.05) is 0 Å². The van der Waals surface area contributed by atoms with Gasteiger partial charge in [-0.1, -0.05) is 42.3 Å². The van der Waals surface area contributed by atoms with Crippen molar-refractivity contribution in [1.82, 2.24) is 10.9 Å². The van der Waals surface area contributed by atoms with E-state index < -0.39 is 11.8 Å². The molecule has 2 N–H and O–H groups in total. The van der Waals surface area contributed by atoms with Crippen molar-refractivity contribution in [3.8, 4) is 0 Å². The van der Waals surface area contributed by atoms with Crippen LogP contribution in [0.1, 0.15) is 33.2 Å². The first-order valence-corrected chi connectivity index (χ1v) is 7.41. The van der Waals surface area contributed by atoms with Crippen molar-refractivity contribution in [3.63, 3.8) is 0 Å². The van der Waals surface area contributed by atoms with Gasteiger partial charge in [0.05, 0.1) is 0 Å². The van der Waals surface area contributed by atoms with Crippen LogP contribution < -0.4 is 10.9 Å². The maximum Gasteiger partial charge on any atom is 0.269 e. The topological polar surface area (TPSA) is 58.2 Å². The number of carbonyl (C=O) groups is 2. The van der Waals surface area contributed by atoms with E-state index in [1.807, 2.05) is 19.1 Å². The van der Waals surface area contributed by atoms with Gasteiger partial charge >= 0.3 is 0 Å². The van der Waals surface area contributed by atoms with Crippen LogP contribution in [0, 0.1) is 0 Å². The quantitative estimate of drug-likeness (QED) is 0.841. The van der Waals surface area contributed by atoms with Crippen LogP contribution in [-0.2, 0) is 6.42 Å². The average molecular weight is 337 g/mol. The molecule has 0 atom stereocenters. The fraction of sp³-hybridized carbons (Fsp3) is 0.125. The van der Waals surface area contributed by atoms with Crippen LogP contribution in [-0.4, -0.2) is 11.8 Å². The maximum absolute atomic E-state index is 11.9. The van der Waals surface area contributed by atoms with Gasteiger partial charge in [0.1, 0.15) is 0 Å². The lowest BCUT2D eigenvalue weighted by Gasteiger charge is -2.08. The highest BCUT2D eigenvalue weighted by Crippen LogP contribution is 2.18. The van der Waals surface area contributed by atoms with Crippen LogP contribution in [0.3, 0.4) is 0 Å². The third kappa shape index (κ3) is 4.23. The fourth-order valence-corrected chi connectivity index (χ4v) is 2.36. The van der Waals surface area contributed by atoms with Crippen molar-refractivity contribution in [2.24, 2.45) is 0 Å². The average Bonchev–Trinajstić information content (AvgIpc) is 2.51. The van der Waals surface area contributed by atoms with E-state index in [4.69, 9.17) is 23.2 Å². The van der Waals surface area contributed by atoms with Crippen LogP contribution in [0.2, 0.25) is 10.0 Å². The number of benzene rings is 2. The second kappa shape index (κ2) is 7.29. The summed E-state index contributed by atoms with van der Waals surface area (Å²) in [6.07, 6.45) is 0.897. The lowest BCUT2D eigenvalue weighted by molar-refractivity contribution is 0.0846. The Kier molecular flexibility index (Phi) is 5.41. The van der Waals surface area contributed by atoms with Gasteiger partial charge in [-0.25, -0.2) is 0 Å². The summed E-state index contributed by atoms with van der Waals surface area (Å²) in [4.78, 5) is 23.9. The molecule has 22 heavy (non-hydrogen) atoms. The summed E-state index contributed by atoms with van der Waals surface area (Å²) in [5.41, 5.74) is 6.53. The molecule has 2 amide bonds. The highest BCUT2D eigenvalue weighted by Gasteiger charge is 2.10. The molecule has 0 heterocycles. The minimum atomic E-state index is -0.497. The van der Waals surface area contributed by atoms with Gasteiger partial charge in [-0.3, -0.25) is 20.4 Å². The van der Waals surface area contributed by atoms with Crippen molar-refractivity contribution < 1.29 is 9.59 Å². The van der Waals surface area contributed by atoms with Gasteiger partial charge in [0.2, 0.25) is 0 Å². The number of hydrazine groups is 1. The van der Waals surface area contributed by atoms with E-state index in [1.165, 1.54) is 18.2 Å². The number of halogens is 2. The van der Waals surface area contributed by atoms with E-state index in [0.717, 1.165) is 12.0 Å². The number of aryl methyl sites for hydroxylation is 1. The molecule has 2 aromatic carbocycles. The highest BCUT2D eigenvalue weighted by molar-refractivity contribution is 6.35. The van der Waals surface area contributed by atoms with Crippen LogP contribution in [0.25, 0.3) is 0 Å². The third-order valence-corrected chi connectivity index (χ3v) is 3.48. The molecule has 0 aromatic heterocycles. The van der Waals surface area contributed by atoms with Crippen LogP contribution in [0.15, 0.2) is 42.5 Å². The largest absolute Gasteiger partial charge is 0.269 e. The molecular formula is C16H14Cl2N2O2. The zero-order chi connectivity index (χ0) is 16.1. The number of rotatable bonds is 3. The predicted molar refractivity (Wildman–Crippen MR) is 87.2 cm³/mol. The first-order chi connectivity index (χ1) is 10.5. The Morgan fingerprint density at radius 1 is 0.864 bits per heavy atom. The summed E-state index contributed by atoms with van der Waals surface area (Å²) < 4.78 is 0. The highest BCUT2D eigenvalue weighted by atomic mass is 35.5. The summed E-state index contributed by atoms with van der Waals surface area (Å²) in [6, 6.07) is 11.6. The Morgan fingerprint density at radius 2 is 1.36 bits per heavy atom. The Labute approximate surface area is 138 Å². The first kappa shape index (κ1) is 16.3. The van der Waals surface area contributed by atoms with Gasteiger partial charge in [0, 0.05) is 21.2 Å². The molecular weight excluding hydrogens is 323 g/mol. The molecule has 0 saturated heterocycles. The van der Waals surface area contributed by atoms with Gasteiger partial charge in [0.25, 0.3) is 11.8 Å². The zero-order valence-electron chi connectivity index (χ0n) is 11.8. The molecule has 0 aliphatic carbocycles. The molecule has 0 radical (unpaired) electrons. The van der Waals surface area contributed by atoms with Crippen LogP contribution in [0.5, 0.6) is 0 Å². The van der Waals surface area contributed by atoms with E-state index >= 15 is 0 Å². The molecule has 0 bridgehead atoms. The molecule has 0 aliphatic rings. The Bertz CT molecular complexity index is 680. The van der Waals surface area contributed by atoms with Crippen molar-refractivity contribution in [1.29, 1.82) is 0 Å². The number of carbonyl (C=O) groups excluding carboxylic acids is 2. The Morgan fingerprint density at radius 3 is 1.86 bits per heavy atom. The van der Waals surface area contributed by atoms with Crippen LogP contribution in [0.4, 0.5) is 0 Å². The molecule has 6 heteroatoms. The van der Waals surface area contributed by atoms with Gasteiger partial charge in [-0.15, -0.1) is 0 Å². The number of hydrogen-bond acceptors (Lipinski definition) is 2. The minimum Gasteiger partial charge on any atom is -0.267 e. The summed E-state index contributed by atoms with van der Waals surface area (Å²) in [7, 11) is 0. The van der Waals surface area contributed by atoms with Gasteiger partial charge in [-0.2, -0.15) is 0 Å². The molecule has 0 unspecified atom stereocenters. The molecule has 114 valence electrons. The SMILES string of the molecule is CCc1ccc(C(=O)NNC(=O)c2cc(Cl)cc(Cl)c2)cc1. The molecule has 2 aromatic rings. The summed E-state index contributed by atoms with van der Waals surface area (Å²) >= 11 is 11.7. The van der Waals surface area contributed by atoms with Gasteiger partial charge in [0.15, 0.2) is 0 Å². The van der Waals surface area contributed by atoms with E-state index in [2.05, 4.69) is 10.9 Å². The molecule has 0 fully saturated rings. The molecule has 0 aliphatic heterocycles. The Balaban J connectivity index is 1.99. The van der Waals surface area contributed by atoms with Gasteiger partial charge < -0.3 is 0 Å². The van der Waals surface area contributed by atoms with E-state index in [-0.39, 0.29) is 5.56 Å². The van der Waals surface area contributed by atoms with Crippen molar-refractivity contribution in [2.45, 2.75) is 13.3 Å². The second-order valence-corrected chi connectivity index (χ2v) is 5.49. The van der Waals surface area contributed by atoms with Crippen molar-refractivity contribution >= 4 is 35.0 Å². The smallest absolute Gasteiger partial charge is 0.267 e. The zero-order valence-corrected chi connectivity index (χ0v) is 13.3. The van der Waals surface area contributed by atoms with E-state index in [9.17, 15) is 9.59 Å². The summed E-state index contributed by atoms with van der Waals surface area (Å²) in [6.45, 7) is 2.03. The van der Waals surface area contributed by atoms with Crippen molar-refractivity contribution in [3.05, 3.63) is 69.2 Å². The lowest BCUT2D eigenvalue weighted by atomic mass is 10.1. The molecule has 0 saturated carbocycles. The minimum absolute atomic E-state index is 0.263. The molecule has 4 nitrogen and oxygen atoms in total. The fourth-order valence-electron chi connectivity index (χ4n) is 1.83. The number of amides is 2. The number of nitrogens with one attached hydrogen (secondary N) is 2. The van der Waals surface area contributed by atoms with E-state index in [1.54, 1.807) is 12.1 Å². The third-order valence-electron chi connectivity index (χ3n) is 3.04. The van der Waals surface area contributed by atoms with Crippen LogP contribution >= 0.6 is 23.2 Å². The molecule has 2 rings (SSSR count). The summed E-state index contributed by atoms with van der Waals surface area (Å²) in [5, 5.41) is 0.693. The second-order valence-electron chi connectivity index (χ2n) is 4.62. The normalized spacial score (nSPS) is 10.1. The lowest BCUT2D eigenvalue weighted by Crippen LogP contribution is -2.41. The summed E-state index contributed by atoms with van der Waals surface area (Å²) in [5.74, 6) is -0.896. The first-order valence-electron chi connectivity index (χ1n) is 6.65.